The molecule has 0 atom stereocenters. The zero-order valence-electron chi connectivity index (χ0n) is 17.6. The summed E-state index contributed by atoms with van der Waals surface area (Å²) in [5.41, 5.74) is 6.24. The van der Waals surface area contributed by atoms with Crippen LogP contribution in [0.15, 0.2) is 77.7 Å². The van der Waals surface area contributed by atoms with E-state index >= 15 is 0 Å². The molecule has 2 aromatic carbocycles. The average Bonchev–Trinajstić information content (AvgIpc) is 3.12. The Morgan fingerprint density at radius 2 is 1.84 bits per heavy atom. The minimum absolute atomic E-state index is 0.131. The molecule has 5 aromatic rings. The highest BCUT2D eigenvalue weighted by atomic mass is 16.1. The van der Waals surface area contributed by atoms with Crippen LogP contribution in [0.1, 0.15) is 16.7 Å². The van der Waals surface area contributed by atoms with Crippen molar-refractivity contribution in [3.8, 4) is 11.3 Å². The van der Waals surface area contributed by atoms with Gasteiger partial charge in [-0.2, -0.15) is 0 Å². The van der Waals surface area contributed by atoms with Gasteiger partial charge in [-0.3, -0.25) is 9.20 Å². The third-order valence-corrected chi connectivity index (χ3v) is 5.67. The number of hydrogen-bond donors (Lipinski definition) is 2. The van der Waals surface area contributed by atoms with E-state index in [0.717, 1.165) is 46.5 Å². The van der Waals surface area contributed by atoms with Crippen LogP contribution in [0.3, 0.4) is 0 Å². The van der Waals surface area contributed by atoms with Gasteiger partial charge in [-0.1, -0.05) is 48.5 Å². The van der Waals surface area contributed by atoms with E-state index in [1.165, 1.54) is 5.56 Å². The minimum atomic E-state index is -0.131. The number of para-hydroxylation sites is 1. The monoisotopic (exact) mass is 408 g/mol. The maximum atomic E-state index is 13.0. The molecule has 3 heterocycles. The molecular formula is C26H24N4O. The van der Waals surface area contributed by atoms with Gasteiger partial charge >= 0.3 is 0 Å². The number of H-pyrrole nitrogens is 1. The molecule has 0 amide bonds. The van der Waals surface area contributed by atoms with E-state index in [1.54, 1.807) is 0 Å². The molecule has 0 aliphatic carbocycles. The van der Waals surface area contributed by atoms with Gasteiger partial charge in [0.05, 0.1) is 11.1 Å². The normalized spacial score (nSPS) is 11.3. The van der Waals surface area contributed by atoms with Crippen LogP contribution in [0.4, 0.5) is 5.82 Å². The lowest BCUT2D eigenvalue weighted by Gasteiger charge is -2.10. The van der Waals surface area contributed by atoms with Crippen LogP contribution in [0.2, 0.25) is 0 Å². The number of hydrogen-bond acceptors (Lipinski definition) is 3. The summed E-state index contributed by atoms with van der Waals surface area (Å²) < 4.78 is 2.02. The topological polar surface area (TPSA) is 62.2 Å². The maximum Gasteiger partial charge on any atom is 0.258 e. The highest BCUT2D eigenvalue weighted by Crippen LogP contribution is 2.29. The molecule has 154 valence electrons. The van der Waals surface area contributed by atoms with Crippen LogP contribution < -0.4 is 10.9 Å². The van der Waals surface area contributed by atoms with Gasteiger partial charge < -0.3 is 10.3 Å². The zero-order chi connectivity index (χ0) is 21.4. The lowest BCUT2D eigenvalue weighted by atomic mass is 10.1. The van der Waals surface area contributed by atoms with E-state index in [4.69, 9.17) is 4.98 Å². The van der Waals surface area contributed by atoms with Crippen molar-refractivity contribution in [3.05, 3.63) is 100.0 Å². The first-order chi connectivity index (χ1) is 15.1. The number of fused-ring (bicyclic) bond motifs is 2. The predicted octanol–water partition coefficient (Wildman–Crippen LogP) is 5.11. The first-order valence-corrected chi connectivity index (χ1v) is 10.5. The standard InChI is InChI=1S/C26H24N4O/c1-17-12-14-30-22(15-17)28-24(25(30)27-13-11-19-8-4-3-5-9-19)21-16-20-10-6-7-18(2)23(20)29-26(21)31/h3-10,12,14-16,27H,11,13H2,1-2H3,(H,29,31). The van der Waals surface area contributed by atoms with Gasteiger partial charge in [0.2, 0.25) is 0 Å². The minimum Gasteiger partial charge on any atom is -0.369 e. The lowest BCUT2D eigenvalue weighted by Crippen LogP contribution is -2.12. The van der Waals surface area contributed by atoms with Crippen LogP contribution in [-0.2, 0) is 6.42 Å². The molecule has 0 saturated carbocycles. The summed E-state index contributed by atoms with van der Waals surface area (Å²) in [6, 6.07) is 22.4. The molecule has 0 spiro atoms. The molecule has 0 radical (unpaired) electrons. The number of imidazole rings is 1. The van der Waals surface area contributed by atoms with Gasteiger partial charge in [-0.25, -0.2) is 4.98 Å². The quantitative estimate of drug-likeness (QED) is 0.425. The Kier molecular flexibility index (Phi) is 4.79. The third kappa shape index (κ3) is 3.59. The summed E-state index contributed by atoms with van der Waals surface area (Å²) in [7, 11) is 0. The fraction of sp³-hybridized carbons (Fsp3) is 0.154. The second-order valence-electron chi connectivity index (χ2n) is 7.95. The number of nitrogens with one attached hydrogen (secondary N) is 2. The molecular weight excluding hydrogens is 384 g/mol. The van der Waals surface area contributed by atoms with E-state index in [2.05, 4.69) is 28.5 Å². The van der Waals surface area contributed by atoms with Crippen LogP contribution in [-0.4, -0.2) is 20.9 Å². The van der Waals surface area contributed by atoms with Crippen molar-refractivity contribution in [2.75, 3.05) is 11.9 Å². The van der Waals surface area contributed by atoms with Crippen molar-refractivity contribution in [3.63, 3.8) is 0 Å². The molecule has 0 bridgehead atoms. The van der Waals surface area contributed by atoms with Crippen LogP contribution in [0, 0.1) is 13.8 Å². The average molecular weight is 409 g/mol. The Morgan fingerprint density at radius 1 is 1.00 bits per heavy atom. The second kappa shape index (κ2) is 7.76. The number of anilines is 1. The predicted molar refractivity (Wildman–Crippen MR) is 127 cm³/mol. The van der Waals surface area contributed by atoms with Crippen molar-refractivity contribution in [1.82, 2.24) is 14.4 Å². The van der Waals surface area contributed by atoms with Crippen molar-refractivity contribution in [2.45, 2.75) is 20.3 Å². The van der Waals surface area contributed by atoms with Crippen molar-refractivity contribution in [2.24, 2.45) is 0 Å². The largest absolute Gasteiger partial charge is 0.369 e. The van der Waals surface area contributed by atoms with Gasteiger partial charge in [-0.15, -0.1) is 0 Å². The molecule has 5 heteroatoms. The number of rotatable bonds is 5. The van der Waals surface area contributed by atoms with Gasteiger partial charge in [0, 0.05) is 12.7 Å². The highest BCUT2D eigenvalue weighted by Gasteiger charge is 2.18. The SMILES string of the molecule is Cc1ccn2c(NCCc3ccccc3)c(-c3cc4cccc(C)c4[nH]c3=O)nc2c1. The van der Waals surface area contributed by atoms with Gasteiger partial charge in [-0.05, 0) is 60.5 Å². The molecule has 0 saturated heterocycles. The van der Waals surface area contributed by atoms with Gasteiger partial charge in [0.25, 0.3) is 5.56 Å². The summed E-state index contributed by atoms with van der Waals surface area (Å²) in [6.45, 7) is 4.79. The molecule has 2 N–H and O–H groups in total. The Hall–Kier alpha value is -3.86. The Labute approximate surface area is 180 Å². The van der Waals surface area contributed by atoms with Crippen LogP contribution in [0.5, 0.6) is 0 Å². The van der Waals surface area contributed by atoms with Crippen molar-refractivity contribution < 1.29 is 0 Å². The third-order valence-electron chi connectivity index (χ3n) is 5.67. The molecule has 0 aliphatic rings. The molecule has 5 nitrogen and oxygen atoms in total. The van der Waals surface area contributed by atoms with Crippen LogP contribution in [0.25, 0.3) is 27.8 Å². The van der Waals surface area contributed by atoms with Crippen molar-refractivity contribution in [1.29, 1.82) is 0 Å². The van der Waals surface area contributed by atoms with Gasteiger partial charge in [0.1, 0.15) is 17.2 Å². The molecule has 0 aliphatic heterocycles. The van der Waals surface area contributed by atoms with E-state index in [1.807, 2.05) is 73.0 Å². The summed E-state index contributed by atoms with van der Waals surface area (Å²) in [5, 5.41) is 4.54. The van der Waals surface area contributed by atoms with Crippen molar-refractivity contribution >= 4 is 22.4 Å². The lowest BCUT2D eigenvalue weighted by molar-refractivity contribution is 0.998. The van der Waals surface area contributed by atoms with E-state index in [9.17, 15) is 4.79 Å². The van der Waals surface area contributed by atoms with E-state index in [0.29, 0.717) is 11.3 Å². The Bertz CT molecular complexity index is 1450. The fourth-order valence-electron chi connectivity index (χ4n) is 4.03. The number of nitrogens with zero attached hydrogens (tertiary/aromatic N) is 2. The molecule has 3 aromatic heterocycles. The summed E-state index contributed by atoms with van der Waals surface area (Å²) in [6.07, 6.45) is 2.89. The Morgan fingerprint density at radius 3 is 2.68 bits per heavy atom. The molecule has 0 fully saturated rings. The highest BCUT2D eigenvalue weighted by molar-refractivity contribution is 5.87. The number of aryl methyl sites for hydroxylation is 2. The first kappa shape index (κ1) is 19.1. The second-order valence-corrected chi connectivity index (χ2v) is 7.95. The number of benzene rings is 2. The zero-order valence-corrected chi connectivity index (χ0v) is 17.6. The molecule has 5 rings (SSSR count). The number of aromatic amines is 1. The summed E-state index contributed by atoms with van der Waals surface area (Å²) in [4.78, 5) is 20.9. The molecule has 31 heavy (non-hydrogen) atoms. The summed E-state index contributed by atoms with van der Waals surface area (Å²) in [5.74, 6) is 0.837. The first-order valence-electron chi connectivity index (χ1n) is 10.5. The smallest absolute Gasteiger partial charge is 0.258 e. The van der Waals surface area contributed by atoms with Crippen LogP contribution >= 0.6 is 0 Å². The van der Waals surface area contributed by atoms with Gasteiger partial charge in [0.15, 0.2) is 0 Å². The number of aromatic nitrogens is 3. The van der Waals surface area contributed by atoms with E-state index < -0.39 is 0 Å². The Balaban J connectivity index is 1.61. The van der Waals surface area contributed by atoms with E-state index in [-0.39, 0.29) is 5.56 Å². The summed E-state index contributed by atoms with van der Waals surface area (Å²) >= 11 is 0. The fourth-order valence-corrected chi connectivity index (χ4v) is 4.03. The number of pyridine rings is 2. The molecule has 0 unspecified atom stereocenters. The maximum absolute atomic E-state index is 13.0.